The van der Waals surface area contributed by atoms with Crippen LogP contribution in [0.5, 0.6) is 5.75 Å². The van der Waals surface area contributed by atoms with Crippen LogP contribution in [0.15, 0.2) is 84.6 Å². The number of aliphatic hydroxyl groups is 1. The average Bonchev–Trinajstić information content (AvgIpc) is 3.45. The maximum atomic E-state index is 13.5. The van der Waals surface area contributed by atoms with Crippen molar-refractivity contribution < 1.29 is 19.4 Å². The second-order valence-electron chi connectivity index (χ2n) is 8.77. The minimum absolute atomic E-state index is 0.0213. The number of fused-ring (bicyclic) bond motifs is 2. The van der Waals surface area contributed by atoms with Crippen molar-refractivity contribution >= 4 is 54.9 Å². The van der Waals surface area contributed by atoms with Crippen molar-refractivity contribution in [2.24, 2.45) is 0 Å². The minimum Gasteiger partial charge on any atom is -0.507 e. The standard InChI is InChI=1S/C29H21N3O4S/c1-16-13-21-23(15-22(16)36-2)37-29(31-21)32-25(20-9-5-6-12-30-20)24(27(34)28(32)35)26(33)19-11-10-17-7-3-4-8-18(17)14-19/h3-15,25,33H,1-2H3/b26-24+. The molecule has 1 unspecified atom stereocenters. The molecule has 3 heterocycles. The molecule has 2 aromatic heterocycles. The van der Waals surface area contributed by atoms with E-state index in [0.717, 1.165) is 21.0 Å². The number of hydrogen-bond donors (Lipinski definition) is 1. The molecule has 7 nitrogen and oxygen atoms in total. The van der Waals surface area contributed by atoms with Gasteiger partial charge in [0, 0.05) is 11.8 Å². The summed E-state index contributed by atoms with van der Waals surface area (Å²) in [6, 6.07) is 21.3. The number of ether oxygens (including phenoxy) is 1. The van der Waals surface area contributed by atoms with E-state index in [2.05, 4.69) is 9.97 Å². The van der Waals surface area contributed by atoms with Crippen molar-refractivity contribution in [3.8, 4) is 5.75 Å². The van der Waals surface area contributed by atoms with E-state index in [9.17, 15) is 14.7 Å². The highest BCUT2D eigenvalue weighted by Gasteiger charge is 2.48. The van der Waals surface area contributed by atoms with Crippen molar-refractivity contribution in [1.82, 2.24) is 9.97 Å². The van der Waals surface area contributed by atoms with Crippen LogP contribution < -0.4 is 9.64 Å². The van der Waals surface area contributed by atoms with Crippen LogP contribution in [0.1, 0.15) is 22.9 Å². The highest BCUT2D eigenvalue weighted by molar-refractivity contribution is 7.22. The maximum Gasteiger partial charge on any atom is 0.301 e. The van der Waals surface area contributed by atoms with Gasteiger partial charge in [0.15, 0.2) is 5.13 Å². The van der Waals surface area contributed by atoms with Crippen LogP contribution in [-0.2, 0) is 9.59 Å². The molecule has 37 heavy (non-hydrogen) atoms. The van der Waals surface area contributed by atoms with E-state index >= 15 is 0 Å². The summed E-state index contributed by atoms with van der Waals surface area (Å²) in [6.45, 7) is 1.92. The predicted octanol–water partition coefficient (Wildman–Crippen LogP) is 5.79. The molecule has 1 amide bonds. The number of amides is 1. The summed E-state index contributed by atoms with van der Waals surface area (Å²) >= 11 is 1.28. The first-order valence-corrected chi connectivity index (χ1v) is 12.4. The van der Waals surface area contributed by atoms with Crippen LogP contribution in [-0.4, -0.2) is 33.9 Å². The Hall–Kier alpha value is -4.56. The first-order valence-electron chi connectivity index (χ1n) is 11.6. The molecule has 0 saturated carbocycles. The number of carbonyl (C=O) groups excluding carboxylic acids is 2. The number of benzene rings is 3. The van der Waals surface area contributed by atoms with E-state index in [-0.39, 0.29) is 11.3 Å². The Morgan fingerprint density at radius 3 is 2.54 bits per heavy atom. The minimum atomic E-state index is -0.934. The Balaban J connectivity index is 1.55. The van der Waals surface area contributed by atoms with E-state index in [4.69, 9.17) is 4.74 Å². The zero-order chi connectivity index (χ0) is 25.7. The molecule has 1 atom stereocenters. The number of hydrogen-bond acceptors (Lipinski definition) is 7. The molecule has 0 spiro atoms. The molecule has 1 fully saturated rings. The topological polar surface area (TPSA) is 92.6 Å². The van der Waals surface area contributed by atoms with Gasteiger partial charge in [-0.25, -0.2) is 4.98 Å². The molecule has 6 rings (SSSR count). The van der Waals surface area contributed by atoms with Crippen LogP contribution in [0.2, 0.25) is 0 Å². The van der Waals surface area contributed by atoms with Gasteiger partial charge in [-0.05, 0) is 53.6 Å². The Labute approximate surface area is 216 Å². The third-order valence-corrected chi connectivity index (χ3v) is 7.55. The van der Waals surface area contributed by atoms with E-state index in [1.54, 1.807) is 43.6 Å². The molecular formula is C29H21N3O4S. The quantitative estimate of drug-likeness (QED) is 0.188. The Morgan fingerprint density at radius 2 is 1.78 bits per heavy atom. The third-order valence-electron chi connectivity index (χ3n) is 6.54. The molecule has 1 aliphatic rings. The number of Topliss-reactive ketones (excluding diaryl/α,β-unsaturated/α-hetero) is 1. The number of rotatable bonds is 4. The molecule has 1 saturated heterocycles. The first-order chi connectivity index (χ1) is 18.0. The summed E-state index contributed by atoms with van der Waals surface area (Å²) in [5.74, 6) is -1.08. The summed E-state index contributed by atoms with van der Waals surface area (Å²) in [5, 5.41) is 13.7. The number of aromatic nitrogens is 2. The highest BCUT2D eigenvalue weighted by atomic mass is 32.1. The van der Waals surface area contributed by atoms with Gasteiger partial charge >= 0.3 is 5.91 Å². The zero-order valence-corrected chi connectivity index (χ0v) is 20.8. The molecule has 1 aliphatic heterocycles. The first kappa shape index (κ1) is 22.9. The van der Waals surface area contributed by atoms with Crippen LogP contribution in [0.4, 0.5) is 5.13 Å². The lowest BCUT2D eigenvalue weighted by Gasteiger charge is -2.22. The summed E-state index contributed by atoms with van der Waals surface area (Å²) in [6.07, 6.45) is 1.60. The van der Waals surface area contributed by atoms with Crippen LogP contribution in [0, 0.1) is 6.92 Å². The van der Waals surface area contributed by atoms with E-state index < -0.39 is 17.7 Å². The number of pyridine rings is 1. The molecule has 1 N–H and O–H groups in total. The molecule has 0 aliphatic carbocycles. The van der Waals surface area contributed by atoms with Crippen molar-refractivity contribution in [2.45, 2.75) is 13.0 Å². The Morgan fingerprint density at radius 1 is 1.00 bits per heavy atom. The normalized spacial score (nSPS) is 17.1. The number of ketones is 1. The van der Waals surface area contributed by atoms with Gasteiger partial charge in [0.2, 0.25) is 0 Å². The predicted molar refractivity (Wildman–Crippen MR) is 144 cm³/mol. The number of carbonyl (C=O) groups is 2. The second-order valence-corrected chi connectivity index (χ2v) is 9.78. The SMILES string of the molecule is COc1cc2sc(N3C(=O)C(=O)/C(=C(/O)c4ccc5ccccc5c4)C3c3ccccn3)nc2cc1C. The average molecular weight is 508 g/mol. The number of thiazole rings is 1. The second kappa shape index (κ2) is 8.83. The number of anilines is 1. The van der Waals surface area contributed by atoms with Gasteiger partial charge in [-0.3, -0.25) is 19.5 Å². The van der Waals surface area contributed by atoms with E-state index in [0.29, 0.717) is 27.7 Å². The number of aliphatic hydroxyl groups excluding tert-OH is 1. The molecule has 0 bridgehead atoms. The lowest BCUT2D eigenvalue weighted by atomic mass is 9.97. The summed E-state index contributed by atoms with van der Waals surface area (Å²) < 4.78 is 6.25. The Kier molecular flexibility index (Phi) is 5.46. The van der Waals surface area contributed by atoms with Crippen molar-refractivity contribution in [2.75, 3.05) is 12.0 Å². The molecule has 3 aromatic carbocycles. The smallest absolute Gasteiger partial charge is 0.301 e. The molecule has 0 radical (unpaired) electrons. The number of nitrogens with zero attached hydrogens (tertiary/aromatic N) is 3. The van der Waals surface area contributed by atoms with Crippen LogP contribution in [0.25, 0.3) is 26.7 Å². The summed E-state index contributed by atoms with van der Waals surface area (Å²) in [7, 11) is 1.60. The van der Waals surface area contributed by atoms with Gasteiger partial charge in [-0.1, -0.05) is 53.8 Å². The van der Waals surface area contributed by atoms with E-state index in [1.807, 2.05) is 49.4 Å². The summed E-state index contributed by atoms with van der Waals surface area (Å²) in [4.78, 5) is 37.4. The fourth-order valence-electron chi connectivity index (χ4n) is 4.71. The lowest BCUT2D eigenvalue weighted by Crippen LogP contribution is -2.29. The molecule has 5 aromatic rings. The van der Waals surface area contributed by atoms with Crippen LogP contribution >= 0.6 is 11.3 Å². The van der Waals surface area contributed by atoms with Gasteiger partial charge in [-0.2, -0.15) is 0 Å². The Bertz CT molecular complexity index is 1740. The van der Waals surface area contributed by atoms with Gasteiger partial charge in [0.05, 0.1) is 28.6 Å². The van der Waals surface area contributed by atoms with Crippen molar-refractivity contribution in [1.29, 1.82) is 0 Å². The van der Waals surface area contributed by atoms with Gasteiger partial charge in [0.1, 0.15) is 17.6 Å². The number of aryl methyl sites for hydroxylation is 1. The monoisotopic (exact) mass is 507 g/mol. The van der Waals surface area contributed by atoms with Gasteiger partial charge < -0.3 is 9.84 Å². The van der Waals surface area contributed by atoms with Gasteiger partial charge in [-0.15, -0.1) is 0 Å². The number of methoxy groups -OCH3 is 1. The van der Waals surface area contributed by atoms with Crippen molar-refractivity contribution in [3.05, 3.63) is 101 Å². The lowest BCUT2D eigenvalue weighted by molar-refractivity contribution is -0.132. The highest BCUT2D eigenvalue weighted by Crippen LogP contribution is 2.44. The zero-order valence-electron chi connectivity index (χ0n) is 20.0. The summed E-state index contributed by atoms with van der Waals surface area (Å²) in [5.41, 5.74) is 2.48. The maximum absolute atomic E-state index is 13.5. The fraction of sp³-hybridized carbons (Fsp3) is 0.103. The van der Waals surface area contributed by atoms with Crippen LogP contribution in [0.3, 0.4) is 0 Å². The largest absolute Gasteiger partial charge is 0.507 e. The van der Waals surface area contributed by atoms with E-state index in [1.165, 1.54) is 16.2 Å². The fourth-order valence-corrected chi connectivity index (χ4v) is 5.71. The van der Waals surface area contributed by atoms with Gasteiger partial charge in [0.25, 0.3) is 5.78 Å². The third kappa shape index (κ3) is 3.73. The van der Waals surface area contributed by atoms with Crippen molar-refractivity contribution in [3.63, 3.8) is 0 Å². The molecule has 182 valence electrons. The molecule has 8 heteroatoms. The molecular weight excluding hydrogens is 486 g/mol.